The lowest BCUT2D eigenvalue weighted by Crippen LogP contribution is -2.21. The summed E-state index contributed by atoms with van der Waals surface area (Å²) >= 11 is 1.27. The van der Waals surface area contributed by atoms with Crippen molar-refractivity contribution >= 4 is 11.8 Å². The molecular weight excluding hydrogens is 264 g/mol. The van der Waals surface area contributed by atoms with Gasteiger partial charge in [0.05, 0.1) is 4.90 Å². The summed E-state index contributed by atoms with van der Waals surface area (Å²) in [6.07, 6.45) is 4.52. The van der Waals surface area contributed by atoms with Gasteiger partial charge in [-0.3, -0.25) is 0 Å². The van der Waals surface area contributed by atoms with Crippen LogP contribution in [0.4, 0.5) is 8.78 Å². The molecule has 0 bridgehead atoms. The van der Waals surface area contributed by atoms with E-state index in [1.54, 1.807) is 0 Å². The standard InChI is InChI=1S/C15H23F2NS/c1-3-5-6-7-19-15-13(16)9-11(10-14(15)17)8-12(18)4-2/h9-10,12H,3-8,18H2,1-2H3. The van der Waals surface area contributed by atoms with Crippen LogP contribution >= 0.6 is 11.8 Å². The first kappa shape index (κ1) is 16.4. The Kier molecular flexibility index (Phi) is 7.39. The van der Waals surface area contributed by atoms with Gasteiger partial charge in [0.25, 0.3) is 0 Å². The van der Waals surface area contributed by atoms with Crippen LogP contribution in [0, 0.1) is 11.6 Å². The Labute approximate surface area is 119 Å². The molecule has 108 valence electrons. The van der Waals surface area contributed by atoms with E-state index in [0.29, 0.717) is 12.0 Å². The molecule has 1 unspecified atom stereocenters. The lowest BCUT2D eigenvalue weighted by molar-refractivity contribution is 0.533. The third kappa shape index (κ3) is 5.49. The maximum absolute atomic E-state index is 13.9. The predicted octanol–water partition coefficient (Wildman–Crippen LogP) is 4.53. The third-order valence-electron chi connectivity index (χ3n) is 3.07. The summed E-state index contributed by atoms with van der Waals surface area (Å²) in [6.45, 7) is 4.08. The fraction of sp³-hybridized carbons (Fsp3) is 0.600. The molecular formula is C15H23F2NS. The van der Waals surface area contributed by atoms with E-state index >= 15 is 0 Å². The third-order valence-corrected chi connectivity index (χ3v) is 4.25. The first-order valence-electron chi connectivity index (χ1n) is 6.94. The summed E-state index contributed by atoms with van der Waals surface area (Å²) in [6, 6.07) is 2.79. The monoisotopic (exact) mass is 287 g/mol. The zero-order chi connectivity index (χ0) is 14.3. The maximum atomic E-state index is 13.9. The average molecular weight is 287 g/mol. The van der Waals surface area contributed by atoms with Crippen LogP contribution < -0.4 is 5.73 Å². The van der Waals surface area contributed by atoms with Gasteiger partial charge in [-0.2, -0.15) is 0 Å². The number of nitrogens with two attached hydrogens (primary N) is 1. The van der Waals surface area contributed by atoms with Gasteiger partial charge in [-0.15, -0.1) is 11.8 Å². The molecule has 1 aromatic rings. The molecule has 19 heavy (non-hydrogen) atoms. The van der Waals surface area contributed by atoms with E-state index < -0.39 is 11.6 Å². The van der Waals surface area contributed by atoms with Crippen molar-refractivity contribution in [3.63, 3.8) is 0 Å². The molecule has 1 nitrogen and oxygen atoms in total. The highest BCUT2D eigenvalue weighted by molar-refractivity contribution is 7.99. The molecule has 0 fully saturated rings. The van der Waals surface area contributed by atoms with Crippen molar-refractivity contribution in [1.29, 1.82) is 0 Å². The van der Waals surface area contributed by atoms with Gasteiger partial charge in [0.1, 0.15) is 11.6 Å². The minimum Gasteiger partial charge on any atom is -0.327 e. The molecule has 4 heteroatoms. The summed E-state index contributed by atoms with van der Waals surface area (Å²) in [5, 5.41) is 0. The second-order valence-corrected chi connectivity index (χ2v) is 5.92. The topological polar surface area (TPSA) is 26.0 Å². The quantitative estimate of drug-likeness (QED) is 0.561. The van der Waals surface area contributed by atoms with Crippen molar-refractivity contribution in [2.45, 2.75) is 56.9 Å². The van der Waals surface area contributed by atoms with E-state index in [1.165, 1.54) is 23.9 Å². The molecule has 0 aliphatic carbocycles. The van der Waals surface area contributed by atoms with Crippen LogP contribution in [0.25, 0.3) is 0 Å². The van der Waals surface area contributed by atoms with Gasteiger partial charge in [0.2, 0.25) is 0 Å². The summed E-state index contributed by atoms with van der Waals surface area (Å²) < 4.78 is 27.7. The van der Waals surface area contributed by atoms with Gasteiger partial charge in [-0.25, -0.2) is 8.78 Å². The number of unbranched alkanes of at least 4 members (excludes halogenated alkanes) is 2. The number of thioether (sulfide) groups is 1. The molecule has 0 aliphatic heterocycles. The summed E-state index contributed by atoms with van der Waals surface area (Å²) in [5.41, 5.74) is 6.45. The Morgan fingerprint density at radius 2 is 1.79 bits per heavy atom. The van der Waals surface area contributed by atoms with Gasteiger partial charge in [0.15, 0.2) is 0 Å². The summed E-state index contributed by atoms with van der Waals surface area (Å²) in [7, 11) is 0. The highest BCUT2D eigenvalue weighted by atomic mass is 32.2. The van der Waals surface area contributed by atoms with Gasteiger partial charge >= 0.3 is 0 Å². The van der Waals surface area contributed by atoms with E-state index in [1.807, 2.05) is 6.92 Å². The van der Waals surface area contributed by atoms with Crippen molar-refractivity contribution in [3.05, 3.63) is 29.3 Å². The fourth-order valence-electron chi connectivity index (χ4n) is 1.84. The molecule has 1 rings (SSSR count). The molecule has 0 saturated heterocycles. The zero-order valence-corrected chi connectivity index (χ0v) is 12.5. The average Bonchev–Trinajstić information content (AvgIpc) is 2.37. The SMILES string of the molecule is CCCCCSc1c(F)cc(CC(N)CC)cc1F. The van der Waals surface area contributed by atoms with Gasteiger partial charge in [-0.1, -0.05) is 26.7 Å². The van der Waals surface area contributed by atoms with Crippen LogP contribution in [0.1, 0.15) is 45.1 Å². The minimum absolute atomic E-state index is 0.0399. The molecule has 0 aliphatic rings. The van der Waals surface area contributed by atoms with E-state index in [9.17, 15) is 8.78 Å². The molecule has 2 N–H and O–H groups in total. The molecule has 0 aromatic heterocycles. The number of hydrogen-bond acceptors (Lipinski definition) is 2. The minimum atomic E-state index is -0.459. The lowest BCUT2D eigenvalue weighted by atomic mass is 10.0. The van der Waals surface area contributed by atoms with Crippen LogP contribution in [0.15, 0.2) is 17.0 Å². The van der Waals surface area contributed by atoms with Gasteiger partial charge < -0.3 is 5.73 Å². The van der Waals surface area contributed by atoms with E-state index in [2.05, 4.69) is 6.92 Å². The highest BCUT2D eigenvalue weighted by Gasteiger charge is 2.13. The first-order chi connectivity index (χ1) is 9.08. The Morgan fingerprint density at radius 3 is 2.32 bits per heavy atom. The van der Waals surface area contributed by atoms with E-state index in [-0.39, 0.29) is 10.9 Å². The largest absolute Gasteiger partial charge is 0.327 e. The molecule has 0 amide bonds. The van der Waals surface area contributed by atoms with Crippen molar-refractivity contribution in [1.82, 2.24) is 0 Å². The van der Waals surface area contributed by atoms with Crippen LogP contribution in [0.2, 0.25) is 0 Å². The van der Waals surface area contributed by atoms with Crippen LogP contribution in [-0.2, 0) is 6.42 Å². The van der Waals surface area contributed by atoms with Crippen molar-refractivity contribution < 1.29 is 8.78 Å². The number of halogens is 2. The molecule has 0 radical (unpaired) electrons. The van der Waals surface area contributed by atoms with Gasteiger partial charge in [-0.05, 0) is 42.7 Å². The number of hydrogen-bond donors (Lipinski definition) is 1. The summed E-state index contributed by atoms with van der Waals surface area (Å²) in [4.78, 5) is 0.143. The smallest absolute Gasteiger partial charge is 0.140 e. The second-order valence-electron chi connectivity index (χ2n) is 4.82. The molecule has 1 atom stereocenters. The molecule has 0 heterocycles. The second kappa shape index (κ2) is 8.54. The van der Waals surface area contributed by atoms with Crippen LogP contribution in [-0.4, -0.2) is 11.8 Å². The summed E-state index contributed by atoms with van der Waals surface area (Å²) in [5.74, 6) is -0.158. The van der Waals surface area contributed by atoms with E-state index in [4.69, 9.17) is 5.73 Å². The molecule has 0 saturated carbocycles. The van der Waals surface area contributed by atoms with Crippen molar-refractivity contribution in [3.8, 4) is 0 Å². The first-order valence-corrected chi connectivity index (χ1v) is 7.93. The maximum Gasteiger partial charge on any atom is 0.140 e. The Balaban J connectivity index is 2.68. The lowest BCUT2D eigenvalue weighted by Gasteiger charge is -2.11. The van der Waals surface area contributed by atoms with Crippen LogP contribution in [0.5, 0.6) is 0 Å². The Bertz CT molecular complexity index is 373. The fourth-order valence-corrected chi connectivity index (χ4v) is 2.79. The van der Waals surface area contributed by atoms with Crippen LogP contribution in [0.3, 0.4) is 0 Å². The highest BCUT2D eigenvalue weighted by Crippen LogP contribution is 2.27. The Morgan fingerprint density at radius 1 is 1.16 bits per heavy atom. The Hall–Kier alpha value is -0.610. The van der Waals surface area contributed by atoms with Gasteiger partial charge in [0, 0.05) is 6.04 Å². The molecule has 0 spiro atoms. The predicted molar refractivity (Wildman–Crippen MR) is 78.6 cm³/mol. The number of benzene rings is 1. The zero-order valence-electron chi connectivity index (χ0n) is 11.7. The van der Waals surface area contributed by atoms with E-state index in [0.717, 1.165) is 31.4 Å². The van der Waals surface area contributed by atoms with Crippen molar-refractivity contribution in [2.24, 2.45) is 5.73 Å². The molecule has 1 aromatic carbocycles. The normalized spacial score (nSPS) is 12.7. The van der Waals surface area contributed by atoms with Crippen molar-refractivity contribution in [2.75, 3.05) is 5.75 Å². The number of rotatable bonds is 8.